The molecular formula is C18H28N4O. The molecule has 0 unspecified atom stereocenters. The number of fused-ring (bicyclic) bond motifs is 4. The van der Waals surface area contributed by atoms with Crippen molar-refractivity contribution in [2.24, 2.45) is 11.8 Å². The SMILES string of the molecule is CCc1cc(C(=O)N2C[C@@H]3CC[C@H](C2)N(CC2CCC2)C3)n[nH]1. The topological polar surface area (TPSA) is 52.2 Å². The lowest BCUT2D eigenvalue weighted by atomic mass is 9.83. The molecule has 0 aromatic carbocycles. The predicted molar refractivity (Wildman–Crippen MR) is 89.3 cm³/mol. The third-order valence-corrected chi connectivity index (χ3v) is 6.06. The minimum absolute atomic E-state index is 0.114. The zero-order chi connectivity index (χ0) is 15.8. The molecule has 4 fully saturated rings. The number of piperidine rings is 1. The van der Waals surface area contributed by atoms with E-state index in [1.807, 2.05) is 6.07 Å². The number of nitrogens with one attached hydrogen (secondary N) is 1. The lowest BCUT2D eigenvalue weighted by Crippen LogP contribution is -2.47. The summed E-state index contributed by atoms with van der Waals surface area (Å²) in [4.78, 5) is 17.6. The van der Waals surface area contributed by atoms with E-state index in [2.05, 4.69) is 26.9 Å². The van der Waals surface area contributed by atoms with Gasteiger partial charge in [0.15, 0.2) is 0 Å². The number of H-pyrrole nitrogens is 1. The molecule has 23 heavy (non-hydrogen) atoms. The Labute approximate surface area is 138 Å². The van der Waals surface area contributed by atoms with E-state index in [0.29, 0.717) is 17.7 Å². The maximum Gasteiger partial charge on any atom is 0.274 e. The summed E-state index contributed by atoms with van der Waals surface area (Å²) in [6, 6.07) is 2.48. The third kappa shape index (κ3) is 3.03. The largest absolute Gasteiger partial charge is 0.335 e. The Bertz CT molecular complexity index is 565. The van der Waals surface area contributed by atoms with Crippen molar-refractivity contribution in [1.82, 2.24) is 20.0 Å². The van der Waals surface area contributed by atoms with Crippen molar-refractivity contribution in [3.8, 4) is 0 Å². The fourth-order valence-corrected chi connectivity index (χ4v) is 4.39. The van der Waals surface area contributed by atoms with Crippen LogP contribution in [0.2, 0.25) is 0 Å². The van der Waals surface area contributed by atoms with E-state index in [1.54, 1.807) is 0 Å². The van der Waals surface area contributed by atoms with Gasteiger partial charge in [-0.2, -0.15) is 5.10 Å². The normalized spacial score (nSPS) is 28.7. The van der Waals surface area contributed by atoms with Gasteiger partial charge in [0.1, 0.15) is 5.69 Å². The molecule has 2 bridgehead atoms. The number of hydrogen-bond donors (Lipinski definition) is 1. The lowest BCUT2D eigenvalue weighted by Gasteiger charge is -2.40. The van der Waals surface area contributed by atoms with Gasteiger partial charge in [0.05, 0.1) is 0 Å². The Hall–Kier alpha value is -1.36. The van der Waals surface area contributed by atoms with Crippen LogP contribution in [0, 0.1) is 11.8 Å². The minimum Gasteiger partial charge on any atom is -0.335 e. The van der Waals surface area contributed by atoms with Crippen LogP contribution in [-0.4, -0.2) is 58.1 Å². The number of aromatic amines is 1. The summed E-state index contributed by atoms with van der Waals surface area (Å²) >= 11 is 0. The standard InChI is InChI=1S/C18H28N4O/c1-2-15-8-17(20-19-15)18(23)22-11-14-6-7-16(12-22)21(10-14)9-13-4-3-5-13/h8,13-14,16H,2-7,9-12H2,1H3,(H,19,20)/t14-,16-/m1/s1. The van der Waals surface area contributed by atoms with E-state index >= 15 is 0 Å². The molecule has 1 amide bonds. The van der Waals surface area contributed by atoms with Gasteiger partial charge in [0.25, 0.3) is 5.91 Å². The molecular weight excluding hydrogens is 288 g/mol. The first kappa shape index (κ1) is 15.2. The van der Waals surface area contributed by atoms with Crippen LogP contribution in [0.4, 0.5) is 0 Å². The quantitative estimate of drug-likeness (QED) is 0.927. The Morgan fingerprint density at radius 2 is 2.13 bits per heavy atom. The maximum atomic E-state index is 12.8. The monoisotopic (exact) mass is 316 g/mol. The highest BCUT2D eigenvalue weighted by molar-refractivity contribution is 5.92. The van der Waals surface area contributed by atoms with Crippen LogP contribution in [0.3, 0.4) is 0 Å². The number of amides is 1. The lowest BCUT2D eigenvalue weighted by molar-refractivity contribution is 0.0712. The first-order valence-electron chi connectivity index (χ1n) is 9.30. The first-order valence-corrected chi connectivity index (χ1v) is 9.30. The Balaban J connectivity index is 1.45. The Morgan fingerprint density at radius 1 is 1.26 bits per heavy atom. The fraction of sp³-hybridized carbons (Fsp3) is 0.778. The Morgan fingerprint density at radius 3 is 2.83 bits per heavy atom. The highest BCUT2D eigenvalue weighted by Gasteiger charge is 2.38. The summed E-state index contributed by atoms with van der Waals surface area (Å²) in [7, 11) is 0. The smallest absolute Gasteiger partial charge is 0.274 e. The van der Waals surface area contributed by atoms with Crippen LogP contribution >= 0.6 is 0 Å². The van der Waals surface area contributed by atoms with Gasteiger partial charge in [-0.3, -0.25) is 14.8 Å². The first-order chi connectivity index (χ1) is 11.2. The second kappa shape index (κ2) is 6.27. The van der Waals surface area contributed by atoms with Crippen LogP contribution < -0.4 is 0 Å². The number of aromatic nitrogens is 2. The summed E-state index contributed by atoms with van der Waals surface area (Å²) in [5.41, 5.74) is 1.63. The molecule has 3 saturated heterocycles. The maximum absolute atomic E-state index is 12.8. The number of rotatable bonds is 4. The molecule has 5 heteroatoms. The summed E-state index contributed by atoms with van der Waals surface area (Å²) in [6.45, 7) is 6.31. The molecule has 0 radical (unpaired) electrons. The molecule has 0 spiro atoms. The molecule has 5 nitrogen and oxygen atoms in total. The highest BCUT2D eigenvalue weighted by Crippen LogP contribution is 2.33. The summed E-state index contributed by atoms with van der Waals surface area (Å²) in [5, 5.41) is 7.19. The van der Waals surface area contributed by atoms with Crippen molar-refractivity contribution >= 4 is 5.91 Å². The average molecular weight is 316 g/mol. The van der Waals surface area contributed by atoms with Crippen molar-refractivity contribution in [2.75, 3.05) is 26.2 Å². The van der Waals surface area contributed by atoms with Gasteiger partial charge < -0.3 is 4.90 Å². The summed E-state index contributed by atoms with van der Waals surface area (Å²) < 4.78 is 0. The summed E-state index contributed by atoms with van der Waals surface area (Å²) in [6.07, 6.45) is 7.64. The van der Waals surface area contributed by atoms with Gasteiger partial charge in [-0.25, -0.2) is 0 Å². The zero-order valence-corrected chi connectivity index (χ0v) is 14.1. The molecule has 1 N–H and O–H groups in total. The van der Waals surface area contributed by atoms with E-state index in [9.17, 15) is 4.79 Å². The fourth-order valence-electron chi connectivity index (χ4n) is 4.39. The van der Waals surface area contributed by atoms with Gasteiger partial charge in [-0.15, -0.1) is 0 Å². The molecule has 1 aliphatic carbocycles. The Kier molecular flexibility index (Phi) is 4.14. The van der Waals surface area contributed by atoms with Crippen LogP contribution in [-0.2, 0) is 6.42 Å². The molecule has 2 atom stereocenters. The van der Waals surface area contributed by atoms with Crippen LogP contribution in [0.15, 0.2) is 6.07 Å². The third-order valence-electron chi connectivity index (χ3n) is 6.06. The van der Waals surface area contributed by atoms with Crippen LogP contribution in [0.5, 0.6) is 0 Å². The molecule has 1 aromatic heterocycles. The van der Waals surface area contributed by atoms with Crippen molar-refractivity contribution in [1.29, 1.82) is 0 Å². The van der Waals surface area contributed by atoms with Crippen molar-refractivity contribution in [3.05, 3.63) is 17.5 Å². The van der Waals surface area contributed by atoms with E-state index in [-0.39, 0.29) is 5.91 Å². The number of carbonyl (C=O) groups excluding carboxylic acids is 1. The molecule has 126 valence electrons. The highest BCUT2D eigenvalue weighted by atomic mass is 16.2. The number of hydrogen-bond acceptors (Lipinski definition) is 3. The van der Waals surface area contributed by atoms with Crippen molar-refractivity contribution < 1.29 is 4.79 Å². The molecule has 4 heterocycles. The van der Waals surface area contributed by atoms with Gasteiger partial charge in [0.2, 0.25) is 0 Å². The van der Waals surface area contributed by atoms with E-state index in [0.717, 1.165) is 31.1 Å². The minimum atomic E-state index is 0.114. The van der Waals surface area contributed by atoms with Crippen LogP contribution in [0.1, 0.15) is 55.2 Å². The predicted octanol–water partition coefficient (Wildman–Crippen LogP) is 2.31. The van der Waals surface area contributed by atoms with Crippen LogP contribution in [0.25, 0.3) is 0 Å². The van der Waals surface area contributed by atoms with E-state index in [1.165, 1.54) is 45.2 Å². The number of aryl methyl sites for hydroxylation is 1. The molecule has 3 aliphatic heterocycles. The summed E-state index contributed by atoms with van der Waals surface area (Å²) in [5.74, 6) is 1.67. The van der Waals surface area contributed by atoms with E-state index < -0.39 is 0 Å². The molecule has 4 aliphatic rings. The molecule has 1 aromatic rings. The average Bonchev–Trinajstić information content (AvgIpc) is 2.82. The van der Waals surface area contributed by atoms with Crippen molar-refractivity contribution in [2.45, 2.75) is 51.5 Å². The zero-order valence-electron chi connectivity index (χ0n) is 14.1. The van der Waals surface area contributed by atoms with Gasteiger partial charge in [-0.1, -0.05) is 13.3 Å². The second-order valence-corrected chi connectivity index (χ2v) is 7.69. The number of nitrogens with zero attached hydrogens (tertiary/aromatic N) is 3. The molecule has 1 saturated carbocycles. The van der Waals surface area contributed by atoms with E-state index in [4.69, 9.17) is 0 Å². The van der Waals surface area contributed by atoms with Gasteiger partial charge in [0, 0.05) is 37.9 Å². The van der Waals surface area contributed by atoms with Gasteiger partial charge in [-0.05, 0) is 50.0 Å². The van der Waals surface area contributed by atoms with Gasteiger partial charge >= 0.3 is 0 Å². The molecule has 5 rings (SSSR count). The second-order valence-electron chi connectivity index (χ2n) is 7.69. The number of carbonyl (C=O) groups is 1. The van der Waals surface area contributed by atoms with Crippen molar-refractivity contribution in [3.63, 3.8) is 0 Å².